The molecule has 0 spiro atoms. The lowest BCUT2D eigenvalue weighted by atomic mass is 10.1. The Bertz CT molecular complexity index is 650. The van der Waals surface area contributed by atoms with Crippen molar-refractivity contribution < 1.29 is 34.5 Å². The van der Waals surface area contributed by atoms with E-state index in [9.17, 15) is 24.3 Å². The number of carbonyl (C=O) groups is 4. The van der Waals surface area contributed by atoms with Gasteiger partial charge in [0.2, 0.25) is 17.7 Å². The SMILES string of the molecule is NCC(=O)NC(Cc1cnc[nH]1)C(=O)NC(CO)C(=O)NC(CO)C(=O)O. The lowest BCUT2D eigenvalue weighted by Crippen LogP contribution is -2.58. The fourth-order valence-electron chi connectivity index (χ4n) is 2.00. The Hall–Kier alpha value is -3.03. The Morgan fingerprint density at radius 2 is 1.63 bits per heavy atom. The Kier molecular flexibility index (Phi) is 8.84. The highest BCUT2D eigenvalue weighted by Crippen LogP contribution is 2.00. The number of nitrogens with one attached hydrogen (secondary N) is 4. The summed E-state index contributed by atoms with van der Waals surface area (Å²) in [6.45, 7) is -2.08. The van der Waals surface area contributed by atoms with E-state index in [1.165, 1.54) is 12.5 Å². The fraction of sp³-hybridized carbons (Fsp3) is 0.500. The molecule has 27 heavy (non-hydrogen) atoms. The molecule has 0 saturated carbocycles. The van der Waals surface area contributed by atoms with E-state index in [0.29, 0.717) is 5.69 Å². The maximum absolute atomic E-state index is 12.4. The normalized spacial score (nSPS) is 13.9. The number of imidazole rings is 1. The third-order valence-corrected chi connectivity index (χ3v) is 3.43. The molecule has 0 fully saturated rings. The van der Waals surface area contributed by atoms with Crippen LogP contribution >= 0.6 is 0 Å². The summed E-state index contributed by atoms with van der Waals surface area (Å²) >= 11 is 0. The maximum atomic E-state index is 12.4. The second-order valence-electron chi connectivity index (χ2n) is 5.43. The summed E-state index contributed by atoms with van der Waals surface area (Å²) in [5, 5.41) is 33.6. The average molecular weight is 386 g/mol. The molecule has 0 aliphatic rings. The molecule has 0 radical (unpaired) electrons. The minimum atomic E-state index is -1.60. The van der Waals surface area contributed by atoms with Gasteiger partial charge in [-0.1, -0.05) is 0 Å². The van der Waals surface area contributed by atoms with E-state index >= 15 is 0 Å². The fourth-order valence-corrected chi connectivity index (χ4v) is 2.00. The van der Waals surface area contributed by atoms with Crippen molar-refractivity contribution in [2.45, 2.75) is 24.5 Å². The summed E-state index contributed by atoms with van der Waals surface area (Å²) < 4.78 is 0. The molecule has 150 valence electrons. The zero-order valence-corrected chi connectivity index (χ0v) is 14.2. The monoisotopic (exact) mass is 386 g/mol. The number of aromatic nitrogens is 2. The largest absolute Gasteiger partial charge is 0.480 e. The lowest BCUT2D eigenvalue weighted by molar-refractivity contribution is -0.143. The molecule has 13 nitrogen and oxygen atoms in total. The van der Waals surface area contributed by atoms with E-state index in [-0.39, 0.29) is 13.0 Å². The maximum Gasteiger partial charge on any atom is 0.328 e. The molecule has 3 unspecified atom stereocenters. The summed E-state index contributed by atoms with van der Waals surface area (Å²) in [5.74, 6) is -3.93. The number of amides is 3. The first kappa shape index (κ1) is 22.0. The molecule has 3 atom stereocenters. The van der Waals surface area contributed by atoms with Crippen LogP contribution in [0.1, 0.15) is 5.69 Å². The van der Waals surface area contributed by atoms with Crippen molar-refractivity contribution in [3.63, 3.8) is 0 Å². The first-order valence-corrected chi connectivity index (χ1v) is 7.84. The second kappa shape index (κ2) is 10.8. The standard InChI is InChI=1S/C14H22N6O7/c15-2-11(23)18-8(1-7-3-16-6-17-7)12(24)19-9(4-21)13(25)20-10(5-22)14(26)27/h3,6,8-10,21-22H,1-2,4-5,15H2,(H,16,17)(H,18,23)(H,19,24)(H,20,25)(H,26,27). The number of hydrogen-bond donors (Lipinski definition) is 8. The number of H-pyrrole nitrogens is 1. The van der Waals surface area contributed by atoms with Crippen molar-refractivity contribution in [1.82, 2.24) is 25.9 Å². The minimum Gasteiger partial charge on any atom is -0.480 e. The van der Waals surface area contributed by atoms with Crippen molar-refractivity contribution in [1.29, 1.82) is 0 Å². The van der Waals surface area contributed by atoms with Gasteiger partial charge in [0.25, 0.3) is 0 Å². The van der Waals surface area contributed by atoms with Crippen LogP contribution in [0.25, 0.3) is 0 Å². The van der Waals surface area contributed by atoms with Gasteiger partial charge in [0.15, 0.2) is 0 Å². The molecule has 0 bridgehead atoms. The van der Waals surface area contributed by atoms with E-state index in [2.05, 4.69) is 20.6 Å². The zero-order chi connectivity index (χ0) is 20.4. The highest BCUT2D eigenvalue weighted by molar-refractivity contribution is 5.93. The molecular formula is C14H22N6O7. The third kappa shape index (κ3) is 7.01. The van der Waals surface area contributed by atoms with E-state index in [1.54, 1.807) is 0 Å². The number of carboxylic acids is 1. The van der Waals surface area contributed by atoms with Crippen molar-refractivity contribution in [3.05, 3.63) is 18.2 Å². The Morgan fingerprint density at radius 1 is 1.04 bits per heavy atom. The van der Waals surface area contributed by atoms with Gasteiger partial charge in [0.05, 0.1) is 26.1 Å². The van der Waals surface area contributed by atoms with Crippen LogP contribution in [0.3, 0.4) is 0 Å². The van der Waals surface area contributed by atoms with Gasteiger partial charge in [0.1, 0.15) is 18.1 Å². The topological polar surface area (TPSA) is 220 Å². The van der Waals surface area contributed by atoms with Crippen molar-refractivity contribution in [2.75, 3.05) is 19.8 Å². The molecule has 1 aromatic rings. The molecule has 3 amide bonds. The molecule has 9 N–H and O–H groups in total. The summed E-state index contributed by atoms with van der Waals surface area (Å²) in [5.41, 5.74) is 5.74. The third-order valence-electron chi connectivity index (χ3n) is 3.43. The van der Waals surface area contributed by atoms with Crippen LogP contribution in [0.2, 0.25) is 0 Å². The van der Waals surface area contributed by atoms with Crippen molar-refractivity contribution >= 4 is 23.7 Å². The molecule has 1 heterocycles. The second-order valence-corrected chi connectivity index (χ2v) is 5.43. The quantitative estimate of drug-likeness (QED) is 0.183. The van der Waals surface area contributed by atoms with E-state index in [1.807, 2.05) is 5.32 Å². The van der Waals surface area contributed by atoms with Gasteiger partial charge in [-0.15, -0.1) is 0 Å². The average Bonchev–Trinajstić information content (AvgIpc) is 3.15. The molecule has 0 aromatic carbocycles. The van der Waals surface area contributed by atoms with Crippen LogP contribution in [0.5, 0.6) is 0 Å². The number of nitrogens with two attached hydrogens (primary N) is 1. The number of carboxylic acid groups (broad SMARTS) is 1. The molecule has 0 aliphatic heterocycles. The highest BCUT2D eigenvalue weighted by Gasteiger charge is 2.29. The van der Waals surface area contributed by atoms with Crippen molar-refractivity contribution in [3.8, 4) is 0 Å². The number of aliphatic hydroxyl groups excluding tert-OH is 2. The van der Waals surface area contributed by atoms with Gasteiger partial charge >= 0.3 is 5.97 Å². The van der Waals surface area contributed by atoms with Gasteiger partial charge in [-0.05, 0) is 0 Å². The number of rotatable bonds is 11. The molecule has 0 aliphatic carbocycles. The number of aromatic amines is 1. The van der Waals surface area contributed by atoms with Gasteiger partial charge in [0, 0.05) is 18.3 Å². The van der Waals surface area contributed by atoms with E-state index in [0.717, 1.165) is 0 Å². The number of aliphatic carboxylic acids is 1. The Balaban J connectivity index is 2.81. The van der Waals surface area contributed by atoms with Crippen LogP contribution < -0.4 is 21.7 Å². The molecule has 1 rings (SSSR count). The van der Waals surface area contributed by atoms with Gasteiger partial charge in [-0.25, -0.2) is 9.78 Å². The number of carbonyl (C=O) groups excluding carboxylic acids is 3. The van der Waals surface area contributed by atoms with Crippen LogP contribution in [-0.2, 0) is 25.6 Å². The summed E-state index contributed by atoms with van der Waals surface area (Å²) in [6, 6.07) is -4.22. The van der Waals surface area contributed by atoms with E-state index in [4.69, 9.17) is 15.9 Å². The molecule has 13 heteroatoms. The van der Waals surface area contributed by atoms with Crippen LogP contribution in [0.4, 0.5) is 0 Å². The number of nitrogens with zero attached hydrogens (tertiary/aromatic N) is 1. The van der Waals surface area contributed by atoms with Crippen LogP contribution in [0.15, 0.2) is 12.5 Å². The summed E-state index contributed by atoms with van der Waals surface area (Å²) in [4.78, 5) is 53.4. The van der Waals surface area contributed by atoms with E-state index < -0.39 is 55.0 Å². The van der Waals surface area contributed by atoms with Crippen LogP contribution in [-0.4, -0.2) is 86.9 Å². The molecule has 0 saturated heterocycles. The van der Waals surface area contributed by atoms with Crippen LogP contribution in [0, 0.1) is 0 Å². The molecule has 1 aromatic heterocycles. The first-order chi connectivity index (χ1) is 12.8. The van der Waals surface area contributed by atoms with Gasteiger partial charge in [-0.3, -0.25) is 14.4 Å². The lowest BCUT2D eigenvalue weighted by Gasteiger charge is -2.22. The van der Waals surface area contributed by atoms with Crippen molar-refractivity contribution in [2.24, 2.45) is 5.73 Å². The van der Waals surface area contributed by atoms with Gasteiger partial charge in [-0.2, -0.15) is 0 Å². The first-order valence-electron chi connectivity index (χ1n) is 7.84. The predicted molar refractivity (Wildman–Crippen MR) is 88.9 cm³/mol. The van der Waals surface area contributed by atoms with Gasteiger partial charge < -0.3 is 42.0 Å². The Labute approximate surface area is 153 Å². The number of hydrogen-bond acceptors (Lipinski definition) is 8. The zero-order valence-electron chi connectivity index (χ0n) is 14.2. The minimum absolute atomic E-state index is 0.00569. The number of aliphatic hydroxyl groups is 2. The summed E-state index contributed by atoms with van der Waals surface area (Å²) in [6.07, 6.45) is 2.81. The summed E-state index contributed by atoms with van der Waals surface area (Å²) in [7, 11) is 0. The Morgan fingerprint density at radius 3 is 2.11 bits per heavy atom. The molecular weight excluding hydrogens is 364 g/mol. The smallest absolute Gasteiger partial charge is 0.328 e. The highest BCUT2D eigenvalue weighted by atomic mass is 16.4. The predicted octanol–water partition coefficient (Wildman–Crippen LogP) is -4.57.